The van der Waals surface area contributed by atoms with Gasteiger partial charge in [0.2, 0.25) is 0 Å². The number of imidazole rings is 1. The molecular weight excluding hydrogens is 417 g/mol. The molecule has 4 heterocycles. The Morgan fingerprint density at radius 3 is 2.53 bits per heavy atom. The third kappa shape index (κ3) is 3.96. The molecule has 0 unspecified atom stereocenters. The molecule has 0 bridgehead atoms. The molecular formula is C17H26N5O7P. The highest BCUT2D eigenvalue weighted by atomic mass is 31.2. The summed E-state index contributed by atoms with van der Waals surface area (Å²) < 4.78 is 48.6. The van der Waals surface area contributed by atoms with Gasteiger partial charge in [0.25, 0.3) is 0 Å². The number of nitrogens with two attached hydrogens (primary N) is 1. The van der Waals surface area contributed by atoms with Crippen molar-refractivity contribution in [2.75, 3.05) is 25.6 Å². The number of ether oxygens (including phenoxy) is 3. The molecule has 30 heavy (non-hydrogen) atoms. The molecule has 0 spiro atoms. The number of phosphoric ester groups is 1. The first-order chi connectivity index (χ1) is 14.3. The summed E-state index contributed by atoms with van der Waals surface area (Å²) in [7, 11) is -3.70. The van der Waals surface area contributed by atoms with Gasteiger partial charge in [0.1, 0.15) is 30.2 Å². The molecule has 166 valence electrons. The van der Waals surface area contributed by atoms with Crippen LogP contribution in [0.2, 0.25) is 0 Å². The fraction of sp³-hybridized carbons (Fsp3) is 0.706. The summed E-state index contributed by atoms with van der Waals surface area (Å²) in [5.74, 6) is -0.560. The predicted octanol–water partition coefficient (Wildman–Crippen LogP) is 2.02. The van der Waals surface area contributed by atoms with E-state index in [1.165, 1.54) is 6.33 Å². The van der Waals surface area contributed by atoms with E-state index in [-0.39, 0.29) is 25.6 Å². The average molecular weight is 443 g/mol. The minimum atomic E-state index is -3.70. The lowest BCUT2D eigenvalue weighted by Crippen LogP contribution is -2.32. The first kappa shape index (κ1) is 21.6. The van der Waals surface area contributed by atoms with Gasteiger partial charge in [-0.1, -0.05) is 0 Å². The zero-order valence-corrected chi connectivity index (χ0v) is 18.2. The van der Waals surface area contributed by atoms with Crippen molar-refractivity contribution in [3.63, 3.8) is 0 Å². The molecule has 0 aromatic carbocycles. The molecule has 2 saturated heterocycles. The van der Waals surface area contributed by atoms with Crippen molar-refractivity contribution in [3.8, 4) is 0 Å². The van der Waals surface area contributed by atoms with E-state index in [0.29, 0.717) is 11.2 Å². The number of anilines is 1. The van der Waals surface area contributed by atoms with Crippen LogP contribution in [0.3, 0.4) is 0 Å². The molecule has 2 aromatic heterocycles. The van der Waals surface area contributed by atoms with Crippen LogP contribution in [0.15, 0.2) is 12.7 Å². The van der Waals surface area contributed by atoms with E-state index in [1.54, 1.807) is 24.7 Å². The lowest BCUT2D eigenvalue weighted by Gasteiger charge is -2.25. The van der Waals surface area contributed by atoms with Crippen molar-refractivity contribution in [1.82, 2.24) is 19.5 Å². The molecule has 13 heteroatoms. The molecule has 4 rings (SSSR count). The van der Waals surface area contributed by atoms with Crippen LogP contribution in [0.25, 0.3) is 11.2 Å². The van der Waals surface area contributed by atoms with Crippen molar-refractivity contribution >= 4 is 24.8 Å². The normalized spacial score (nSPS) is 28.3. The van der Waals surface area contributed by atoms with E-state index in [2.05, 4.69) is 15.0 Å². The van der Waals surface area contributed by atoms with E-state index in [4.69, 9.17) is 33.5 Å². The smallest absolute Gasteiger partial charge is 0.382 e. The first-order valence-corrected chi connectivity index (χ1v) is 11.2. The molecule has 0 saturated carbocycles. The quantitative estimate of drug-likeness (QED) is 0.599. The number of nitrogens with zero attached hydrogens (tertiary/aromatic N) is 4. The van der Waals surface area contributed by atoms with Crippen molar-refractivity contribution < 1.29 is 32.3 Å². The second-order valence-corrected chi connectivity index (χ2v) is 8.96. The van der Waals surface area contributed by atoms with Gasteiger partial charge < -0.3 is 19.9 Å². The van der Waals surface area contributed by atoms with Crippen molar-refractivity contribution in [1.29, 1.82) is 0 Å². The topological polar surface area (TPSA) is 142 Å². The summed E-state index contributed by atoms with van der Waals surface area (Å²) in [6.07, 6.45) is 0.787. The second-order valence-electron chi connectivity index (χ2n) is 7.29. The van der Waals surface area contributed by atoms with Crippen LogP contribution in [0.5, 0.6) is 0 Å². The third-order valence-electron chi connectivity index (χ3n) is 4.76. The van der Waals surface area contributed by atoms with E-state index in [9.17, 15) is 4.57 Å². The van der Waals surface area contributed by atoms with Gasteiger partial charge in [-0.05, 0) is 27.7 Å². The van der Waals surface area contributed by atoms with Gasteiger partial charge in [0, 0.05) is 0 Å². The predicted molar refractivity (Wildman–Crippen MR) is 104 cm³/mol. The summed E-state index contributed by atoms with van der Waals surface area (Å²) in [6, 6.07) is 0. The molecule has 0 amide bonds. The summed E-state index contributed by atoms with van der Waals surface area (Å²) in [5, 5.41) is 0. The Bertz CT molecular complexity index is 944. The lowest BCUT2D eigenvalue weighted by molar-refractivity contribution is -0.199. The van der Waals surface area contributed by atoms with Gasteiger partial charge in [-0.2, -0.15) is 0 Å². The Kier molecular flexibility index (Phi) is 5.84. The van der Waals surface area contributed by atoms with Gasteiger partial charge >= 0.3 is 7.82 Å². The van der Waals surface area contributed by atoms with Crippen LogP contribution >= 0.6 is 7.82 Å². The zero-order chi connectivity index (χ0) is 21.5. The molecule has 12 nitrogen and oxygen atoms in total. The van der Waals surface area contributed by atoms with Crippen LogP contribution in [0, 0.1) is 0 Å². The molecule has 2 fully saturated rings. The highest BCUT2D eigenvalue weighted by molar-refractivity contribution is 7.48. The van der Waals surface area contributed by atoms with Gasteiger partial charge in [-0.15, -0.1) is 0 Å². The van der Waals surface area contributed by atoms with Gasteiger partial charge in [0.15, 0.2) is 23.5 Å². The molecule has 2 aliphatic rings. The number of nitrogen functional groups attached to an aromatic ring is 1. The first-order valence-electron chi connectivity index (χ1n) is 9.74. The molecule has 4 atom stereocenters. The third-order valence-corrected chi connectivity index (χ3v) is 6.37. The molecule has 0 radical (unpaired) electrons. The van der Waals surface area contributed by atoms with Crippen LogP contribution < -0.4 is 5.73 Å². The van der Waals surface area contributed by atoms with Crippen LogP contribution in [0.4, 0.5) is 5.82 Å². The largest absolute Gasteiger partial charge is 0.474 e. The Hall–Kier alpha value is -1.66. The highest BCUT2D eigenvalue weighted by Crippen LogP contribution is 2.51. The number of fused-ring (bicyclic) bond motifs is 2. The lowest BCUT2D eigenvalue weighted by atomic mass is 10.1. The van der Waals surface area contributed by atoms with E-state index >= 15 is 0 Å². The maximum Gasteiger partial charge on any atom is 0.474 e. The summed E-state index contributed by atoms with van der Waals surface area (Å²) >= 11 is 0. The fourth-order valence-corrected chi connectivity index (χ4v) is 4.85. The van der Waals surface area contributed by atoms with Crippen molar-refractivity contribution in [2.45, 2.75) is 58.0 Å². The standard InChI is InChI=1S/C17H26N5O7P/c1-5-24-30(23,25-6-2)26-7-10-12-13(29-17(3,4)28-12)16(27-10)22-9-21-11-14(18)19-8-20-15(11)22/h8-10,12-13,16H,5-7H2,1-4H3,(H2,18,19,20)/t10-,12-,13-,16-/m1/s1. The maximum atomic E-state index is 12.7. The highest BCUT2D eigenvalue weighted by Gasteiger charge is 2.56. The van der Waals surface area contributed by atoms with E-state index in [0.717, 1.165) is 0 Å². The van der Waals surface area contributed by atoms with E-state index in [1.807, 2.05) is 13.8 Å². The second kappa shape index (κ2) is 8.12. The van der Waals surface area contributed by atoms with Crippen LogP contribution in [0.1, 0.15) is 33.9 Å². The molecule has 2 N–H and O–H groups in total. The van der Waals surface area contributed by atoms with Crippen molar-refractivity contribution in [2.24, 2.45) is 0 Å². The van der Waals surface area contributed by atoms with Gasteiger partial charge in [0.05, 0.1) is 26.1 Å². The summed E-state index contributed by atoms with van der Waals surface area (Å²) in [5.41, 5.74) is 6.87. The number of hydrogen-bond acceptors (Lipinski definition) is 11. The Labute approximate surface area is 173 Å². The minimum absolute atomic E-state index is 0.0713. The number of aromatic nitrogens is 4. The minimum Gasteiger partial charge on any atom is -0.382 e. The number of phosphoric acid groups is 1. The van der Waals surface area contributed by atoms with Crippen LogP contribution in [-0.4, -0.2) is 63.4 Å². The SMILES string of the molecule is CCOP(=O)(OCC)OC[C@H]1O[C@@H](n2cnc3c(N)ncnc32)[C@@H]2OC(C)(C)O[C@@H]21. The summed E-state index contributed by atoms with van der Waals surface area (Å²) in [4.78, 5) is 12.5. The molecule has 0 aliphatic carbocycles. The monoisotopic (exact) mass is 443 g/mol. The number of rotatable bonds is 8. The number of hydrogen-bond donors (Lipinski definition) is 1. The Morgan fingerprint density at radius 2 is 1.83 bits per heavy atom. The fourth-order valence-electron chi connectivity index (χ4n) is 3.67. The molecule has 2 aromatic rings. The van der Waals surface area contributed by atoms with Gasteiger partial charge in [-0.3, -0.25) is 18.1 Å². The maximum absolute atomic E-state index is 12.7. The van der Waals surface area contributed by atoms with E-state index < -0.39 is 38.1 Å². The molecule has 2 aliphatic heterocycles. The summed E-state index contributed by atoms with van der Waals surface area (Å²) in [6.45, 7) is 7.36. The van der Waals surface area contributed by atoms with Gasteiger partial charge in [-0.25, -0.2) is 19.5 Å². The Balaban J connectivity index is 1.59. The zero-order valence-electron chi connectivity index (χ0n) is 17.3. The van der Waals surface area contributed by atoms with Crippen LogP contribution in [-0.2, 0) is 32.3 Å². The Morgan fingerprint density at radius 1 is 1.13 bits per heavy atom. The van der Waals surface area contributed by atoms with Crippen molar-refractivity contribution in [3.05, 3.63) is 12.7 Å². The average Bonchev–Trinajstić information content (AvgIpc) is 3.32.